The molecule has 0 aromatic heterocycles. The molecule has 0 saturated heterocycles. The molecule has 1 aliphatic rings. The van der Waals surface area contributed by atoms with Crippen LogP contribution >= 0.6 is 0 Å². The fraction of sp³-hybridized carbons (Fsp3) is 0.538. The molecule has 0 radical (unpaired) electrons. The average molecular weight is 221 g/mol. The second kappa shape index (κ2) is 4.07. The number of hydrogen-bond donors (Lipinski definition) is 2. The minimum absolute atomic E-state index is 0.00612. The summed E-state index contributed by atoms with van der Waals surface area (Å²) in [7, 11) is 1.63. The number of para-hydroxylation sites is 1. The van der Waals surface area contributed by atoms with Gasteiger partial charge in [-0.3, -0.25) is 0 Å². The highest BCUT2D eigenvalue weighted by Crippen LogP contribution is 2.53. The van der Waals surface area contributed by atoms with E-state index in [1.54, 1.807) is 7.11 Å². The van der Waals surface area contributed by atoms with Gasteiger partial charge in [0.2, 0.25) is 0 Å². The van der Waals surface area contributed by atoms with E-state index in [0.29, 0.717) is 12.4 Å². The monoisotopic (exact) mass is 221 g/mol. The van der Waals surface area contributed by atoms with Crippen molar-refractivity contribution in [3.63, 3.8) is 0 Å². The first-order chi connectivity index (χ1) is 7.62. The van der Waals surface area contributed by atoms with E-state index in [9.17, 15) is 5.11 Å². The van der Waals surface area contributed by atoms with Gasteiger partial charge < -0.3 is 15.6 Å². The molecule has 16 heavy (non-hydrogen) atoms. The Morgan fingerprint density at radius 1 is 1.50 bits per heavy atom. The fourth-order valence-electron chi connectivity index (χ4n) is 2.37. The summed E-state index contributed by atoms with van der Waals surface area (Å²) in [5.74, 6) is 0.360. The Morgan fingerprint density at radius 3 is 2.69 bits per heavy atom. The lowest BCUT2D eigenvalue weighted by Gasteiger charge is -2.22. The maximum absolute atomic E-state index is 10.2. The molecule has 0 bridgehead atoms. The molecule has 1 aromatic carbocycles. The molecule has 1 unspecified atom stereocenters. The van der Waals surface area contributed by atoms with E-state index < -0.39 is 0 Å². The van der Waals surface area contributed by atoms with E-state index in [-0.39, 0.29) is 11.5 Å². The molecule has 0 aliphatic heterocycles. The summed E-state index contributed by atoms with van der Waals surface area (Å²) in [5, 5.41) is 10.2. The Hall–Kier alpha value is -1.06. The fourth-order valence-corrected chi connectivity index (χ4v) is 2.37. The topological polar surface area (TPSA) is 55.5 Å². The molecule has 1 saturated carbocycles. The lowest BCUT2D eigenvalue weighted by Crippen LogP contribution is -2.31. The lowest BCUT2D eigenvalue weighted by molar-refractivity contribution is 0.181. The first-order valence-corrected chi connectivity index (χ1v) is 5.67. The third-order valence-electron chi connectivity index (χ3n) is 3.62. The first kappa shape index (κ1) is 11.4. The molecule has 3 N–H and O–H groups in total. The highest BCUT2D eigenvalue weighted by atomic mass is 16.5. The molecule has 2 rings (SSSR count). The average Bonchev–Trinajstić information content (AvgIpc) is 3.02. The predicted molar refractivity (Wildman–Crippen MR) is 63.4 cm³/mol. The number of methoxy groups -OCH3 is 1. The van der Waals surface area contributed by atoms with Crippen molar-refractivity contribution in [3.8, 4) is 5.75 Å². The molecule has 3 heteroatoms. The molecule has 1 aromatic rings. The van der Waals surface area contributed by atoms with Crippen LogP contribution in [0.15, 0.2) is 18.2 Å². The summed E-state index contributed by atoms with van der Waals surface area (Å²) in [6, 6.07) is 5.91. The molecule has 3 nitrogen and oxygen atoms in total. The SMILES string of the molecule is COCc1cccc(C2(C(C)N)CC2)c1O. The number of phenols is 1. The van der Waals surface area contributed by atoms with Gasteiger partial charge in [0.15, 0.2) is 0 Å². The maximum atomic E-state index is 10.2. The van der Waals surface area contributed by atoms with Crippen LogP contribution in [-0.2, 0) is 16.8 Å². The minimum atomic E-state index is -0.00612. The number of benzene rings is 1. The molecule has 1 aliphatic carbocycles. The van der Waals surface area contributed by atoms with Crippen LogP contribution in [0.1, 0.15) is 30.9 Å². The van der Waals surface area contributed by atoms with Crippen LogP contribution in [0.4, 0.5) is 0 Å². The van der Waals surface area contributed by atoms with Crippen LogP contribution in [0, 0.1) is 0 Å². The van der Waals surface area contributed by atoms with E-state index in [2.05, 4.69) is 0 Å². The van der Waals surface area contributed by atoms with E-state index >= 15 is 0 Å². The van der Waals surface area contributed by atoms with Gasteiger partial charge in [0, 0.05) is 29.7 Å². The van der Waals surface area contributed by atoms with Gasteiger partial charge in [-0.1, -0.05) is 18.2 Å². The van der Waals surface area contributed by atoms with Crippen LogP contribution in [0.25, 0.3) is 0 Å². The first-order valence-electron chi connectivity index (χ1n) is 5.67. The molecule has 1 atom stereocenters. The van der Waals surface area contributed by atoms with Crippen molar-refractivity contribution in [2.24, 2.45) is 5.73 Å². The smallest absolute Gasteiger partial charge is 0.124 e. The summed E-state index contributed by atoms with van der Waals surface area (Å²) in [4.78, 5) is 0. The van der Waals surface area contributed by atoms with Crippen LogP contribution in [0.2, 0.25) is 0 Å². The predicted octanol–water partition coefficient (Wildman–Crippen LogP) is 1.92. The molecular weight excluding hydrogens is 202 g/mol. The highest BCUT2D eigenvalue weighted by Gasteiger charge is 2.49. The number of nitrogens with two attached hydrogens (primary N) is 1. The number of hydrogen-bond acceptors (Lipinski definition) is 3. The number of aromatic hydroxyl groups is 1. The van der Waals surface area contributed by atoms with E-state index in [1.807, 2.05) is 25.1 Å². The van der Waals surface area contributed by atoms with Gasteiger partial charge in [0.1, 0.15) is 5.75 Å². The van der Waals surface area contributed by atoms with Crippen molar-refractivity contribution < 1.29 is 9.84 Å². The zero-order valence-corrected chi connectivity index (χ0v) is 9.86. The second-order valence-corrected chi connectivity index (χ2v) is 4.69. The van der Waals surface area contributed by atoms with E-state index in [0.717, 1.165) is 24.0 Å². The zero-order valence-electron chi connectivity index (χ0n) is 9.86. The lowest BCUT2D eigenvalue weighted by atomic mass is 9.87. The summed E-state index contributed by atoms with van der Waals surface area (Å²) in [6.45, 7) is 2.45. The van der Waals surface area contributed by atoms with E-state index in [4.69, 9.17) is 10.5 Å². The Bertz CT molecular complexity index is 384. The maximum Gasteiger partial charge on any atom is 0.124 e. The summed E-state index contributed by atoms with van der Waals surface area (Å²) in [6.07, 6.45) is 2.13. The van der Waals surface area contributed by atoms with Gasteiger partial charge in [0.05, 0.1) is 6.61 Å². The van der Waals surface area contributed by atoms with Gasteiger partial charge in [-0.15, -0.1) is 0 Å². The Balaban J connectivity index is 2.38. The van der Waals surface area contributed by atoms with Crippen molar-refractivity contribution in [2.45, 2.75) is 37.8 Å². The Labute approximate surface area is 96.2 Å². The van der Waals surface area contributed by atoms with Gasteiger partial charge in [-0.2, -0.15) is 0 Å². The van der Waals surface area contributed by atoms with Crippen molar-refractivity contribution in [1.29, 1.82) is 0 Å². The van der Waals surface area contributed by atoms with Crippen LogP contribution in [-0.4, -0.2) is 18.3 Å². The molecule has 0 heterocycles. The number of phenolic OH excluding ortho intramolecular Hbond substituents is 1. The third-order valence-corrected chi connectivity index (χ3v) is 3.62. The zero-order chi connectivity index (χ0) is 11.8. The molecule has 0 amide bonds. The summed E-state index contributed by atoms with van der Waals surface area (Å²) >= 11 is 0. The minimum Gasteiger partial charge on any atom is -0.507 e. The van der Waals surface area contributed by atoms with Crippen molar-refractivity contribution in [2.75, 3.05) is 7.11 Å². The molecular formula is C13H19NO2. The van der Waals surface area contributed by atoms with Gasteiger partial charge in [-0.05, 0) is 19.8 Å². The normalized spacial score (nSPS) is 19.4. The largest absolute Gasteiger partial charge is 0.507 e. The Kier molecular flexibility index (Phi) is 2.91. The van der Waals surface area contributed by atoms with Gasteiger partial charge in [-0.25, -0.2) is 0 Å². The second-order valence-electron chi connectivity index (χ2n) is 4.69. The van der Waals surface area contributed by atoms with Crippen molar-refractivity contribution in [1.82, 2.24) is 0 Å². The number of rotatable bonds is 4. The highest BCUT2D eigenvalue weighted by molar-refractivity contribution is 5.48. The molecule has 88 valence electrons. The molecule has 0 spiro atoms. The van der Waals surface area contributed by atoms with Crippen molar-refractivity contribution >= 4 is 0 Å². The number of ether oxygens (including phenoxy) is 1. The Morgan fingerprint density at radius 2 is 2.19 bits per heavy atom. The summed E-state index contributed by atoms with van der Waals surface area (Å²) < 4.78 is 5.07. The van der Waals surface area contributed by atoms with Gasteiger partial charge >= 0.3 is 0 Å². The molecule has 1 fully saturated rings. The third kappa shape index (κ3) is 1.70. The quantitative estimate of drug-likeness (QED) is 0.816. The standard InChI is InChI=1S/C13H19NO2/c1-9(14)13(6-7-13)11-5-3-4-10(8-16-2)12(11)15/h3-5,9,15H,6-8,14H2,1-2H3. The van der Waals surface area contributed by atoms with Crippen LogP contribution in [0.5, 0.6) is 5.75 Å². The summed E-state index contributed by atoms with van der Waals surface area (Å²) in [5.41, 5.74) is 7.83. The van der Waals surface area contributed by atoms with Gasteiger partial charge in [0.25, 0.3) is 0 Å². The van der Waals surface area contributed by atoms with Crippen LogP contribution in [0.3, 0.4) is 0 Å². The van der Waals surface area contributed by atoms with Crippen molar-refractivity contribution in [3.05, 3.63) is 29.3 Å². The van der Waals surface area contributed by atoms with Crippen LogP contribution < -0.4 is 5.73 Å². The van der Waals surface area contributed by atoms with E-state index in [1.165, 1.54) is 0 Å².